The number of hydrogen-bond donors (Lipinski definition) is 1. The number of anilines is 1. The molecule has 0 radical (unpaired) electrons. The van der Waals surface area contributed by atoms with E-state index in [0.29, 0.717) is 18.1 Å². The lowest BCUT2D eigenvalue weighted by Crippen LogP contribution is -2.38. The van der Waals surface area contributed by atoms with E-state index in [1.807, 2.05) is 0 Å². The van der Waals surface area contributed by atoms with Gasteiger partial charge in [0.1, 0.15) is 17.0 Å². The molecule has 1 aliphatic carbocycles. The van der Waals surface area contributed by atoms with Gasteiger partial charge in [0.25, 0.3) is 0 Å². The normalized spacial score (nSPS) is 30.4. The van der Waals surface area contributed by atoms with Crippen LogP contribution >= 0.6 is 11.3 Å². The lowest BCUT2D eigenvalue weighted by Gasteiger charge is -2.33. The summed E-state index contributed by atoms with van der Waals surface area (Å²) in [5.74, 6) is 1.64. The van der Waals surface area contributed by atoms with E-state index in [-0.39, 0.29) is 0 Å². The predicted molar refractivity (Wildman–Crippen MR) is 76.5 cm³/mol. The molecular weight excluding hydrogens is 258 g/mol. The number of ether oxygens (including phenoxy) is 1. The predicted octanol–water partition coefficient (Wildman–Crippen LogP) is 3.06. The molecule has 3 unspecified atom stereocenters. The van der Waals surface area contributed by atoms with Gasteiger partial charge in [0.15, 0.2) is 0 Å². The summed E-state index contributed by atoms with van der Waals surface area (Å²) in [6, 6.07) is 2.60. The summed E-state index contributed by atoms with van der Waals surface area (Å²) in [5.41, 5.74) is 0. The van der Waals surface area contributed by atoms with E-state index in [1.165, 1.54) is 25.7 Å². The highest BCUT2D eigenvalue weighted by Crippen LogP contribution is 2.36. The van der Waals surface area contributed by atoms with Crippen molar-refractivity contribution in [3.8, 4) is 0 Å². The molecule has 0 bridgehead atoms. The van der Waals surface area contributed by atoms with Crippen LogP contribution in [0.3, 0.4) is 0 Å². The van der Waals surface area contributed by atoms with Gasteiger partial charge in [-0.25, -0.2) is 9.97 Å². The smallest absolute Gasteiger partial charge is 0.138 e. The first kappa shape index (κ1) is 11.6. The lowest BCUT2D eigenvalue weighted by atomic mass is 9.82. The van der Waals surface area contributed by atoms with Crippen LogP contribution < -0.4 is 5.32 Å². The quantitative estimate of drug-likeness (QED) is 0.915. The van der Waals surface area contributed by atoms with Crippen molar-refractivity contribution in [2.75, 3.05) is 11.9 Å². The molecular formula is C14H17N3OS. The van der Waals surface area contributed by atoms with E-state index in [9.17, 15) is 0 Å². The third-order valence-corrected chi connectivity index (χ3v) is 5.19. The molecule has 4 rings (SSSR count). The Morgan fingerprint density at radius 3 is 3.26 bits per heavy atom. The first-order chi connectivity index (χ1) is 9.42. The second-order valence-corrected chi connectivity index (χ2v) is 6.30. The Bertz CT molecular complexity index is 585. The monoisotopic (exact) mass is 275 g/mol. The summed E-state index contributed by atoms with van der Waals surface area (Å²) >= 11 is 1.67. The maximum Gasteiger partial charge on any atom is 0.138 e. The minimum Gasteiger partial charge on any atom is -0.378 e. The molecule has 2 aliphatic rings. The molecule has 1 aliphatic heterocycles. The van der Waals surface area contributed by atoms with Crippen LogP contribution in [0, 0.1) is 5.92 Å². The molecule has 2 fully saturated rings. The topological polar surface area (TPSA) is 47.0 Å². The maximum absolute atomic E-state index is 5.83. The molecule has 2 aromatic rings. The van der Waals surface area contributed by atoms with Crippen LogP contribution in [0.1, 0.15) is 25.7 Å². The van der Waals surface area contributed by atoms with Gasteiger partial charge in [-0.15, -0.1) is 11.3 Å². The molecule has 1 saturated carbocycles. The maximum atomic E-state index is 5.83. The van der Waals surface area contributed by atoms with Gasteiger partial charge in [-0.1, -0.05) is 0 Å². The Balaban J connectivity index is 1.62. The number of nitrogens with zero attached hydrogens (tertiary/aromatic N) is 2. The van der Waals surface area contributed by atoms with E-state index in [4.69, 9.17) is 4.74 Å². The standard InChI is InChI=1S/C14H17N3OS/c1-2-11(9-4-6-18-12(9)3-1)17-13-10-5-7-19-14(10)16-8-15-13/h5,7-9,11-12H,1-4,6H2,(H,15,16,17). The van der Waals surface area contributed by atoms with Crippen LogP contribution in [0.25, 0.3) is 10.2 Å². The van der Waals surface area contributed by atoms with Gasteiger partial charge in [0, 0.05) is 18.6 Å². The molecule has 2 aromatic heterocycles. The van der Waals surface area contributed by atoms with Crippen LogP contribution in [-0.4, -0.2) is 28.7 Å². The Labute approximate surface area is 116 Å². The molecule has 0 aromatic carbocycles. The number of fused-ring (bicyclic) bond motifs is 2. The summed E-state index contributed by atoms with van der Waals surface area (Å²) in [7, 11) is 0. The average molecular weight is 275 g/mol. The highest BCUT2D eigenvalue weighted by atomic mass is 32.1. The van der Waals surface area contributed by atoms with Crippen molar-refractivity contribution in [2.24, 2.45) is 5.92 Å². The SMILES string of the molecule is c1nc(NC2CCCC3OCCC23)c2ccsc2n1. The van der Waals surface area contributed by atoms with Crippen molar-refractivity contribution in [1.29, 1.82) is 0 Å². The second-order valence-electron chi connectivity index (χ2n) is 5.41. The van der Waals surface area contributed by atoms with Crippen LogP contribution in [0.5, 0.6) is 0 Å². The summed E-state index contributed by atoms with van der Waals surface area (Å²) in [5, 5.41) is 6.88. The van der Waals surface area contributed by atoms with Crippen LogP contribution in [0.2, 0.25) is 0 Å². The number of aromatic nitrogens is 2. The highest BCUT2D eigenvalue weighted by Gasteiger charge is 2.37. The van der Waals surface area contributed by atoms with Gasteiger partial charge in [-0.2, -0.15) is 0 Å². The van der Waals surface area contributed by atoms with E-state index in [0.717, 1.165) is 22.6 Å². The molecule has 1 N–H and O–H groups in total. The fourth-order valence-electron chi connectivity index (χ4n) is 3.44. The van der Waals surface area contributed by atoms with Crippen LogP contribution in [0.15, 0.2) is 17.8 Å². The van der Waals surface area contributed by atoms with Gasteiger partial charge in [-0.3, -0.25) is 0 Å². The Kier molecular flexibility index (Phi) is 2.89. The zero-order chi connectivity index (χ0) is 12.7. The Morgan fingerprint density at radius 1 is 1.26 bits per heavy atom. The minimum atomic E-state index is 0.464. The van der Waals surface area contributed by atoms with Gasteiger partial charge in [0.2, 0.25) is 0 Å². The number of nitrogens with one attached hydrogen (secondary N) is 1. The van der Waals surface area contributed by atoms with E-state index in [1.54, 1.807) is 17.7 Å². The van der Waals surface area contributed by atoms with Gasteiger partial charge >= 0.3 is 0 Å². The molecule has 5 heteroatoms. The zero-order valence-electron chi connectivity index (χ0n) is 10.7. The third-order valence-electron chi connectivity index (χ3n) is 4.37. The summed E-state index contributed by atoms with van der Waals surface area (Å²) in [6.07, 6.45) is 7.00. The molecule has 0 amide bonds. The number of rotatable bonds is 2. The van der Waals surface area contributed by atoms with Crippen molar-refractivity contribution in [3.63, 3.8) is 0 Å². The van der Waals surface area contributed by atoms with E-state index in [2.05, 4.69) is 26.7 Å². The Hall–Kier alpha value is -1.20. The Morgan fingerprint density at radius 2 is 2.26 bits per heavy atom. The van der Waals surface area contributed by atoms with Crippen LogP contribution in [0.4, 0.5) is 5.82 Å². The first-order valence-electron chi connectivity index (χ1n) is 6.98. The van der Waals surface area contributed by atoms with E-state index < -0.39 is 0 Å². The largest absolute Gasteiger partial charge is 0.378 e. The van der Waals surface area contributed by atoms with Crippen molar-refractivity contribution in [2.45, 2.75) is 37.8 Å². The summed E-state index contributed by atoms with van der Waals surface area (Å²) in [4.78, 5) is 9.80. The lowest BCUT2D eigenvalue weighted by molar-refractivity contribution is 0.0620. The number of thiophene rings is 1. The summed E-state index contributed by atoms with van der Waals surface area (Å²) in [6.45, 7) is 0.922. The highest BCUT2D eigenvalue weighted by molar-refractivity contribution is 7.16. The fourth-order valence-corrected chi connectivity index (χ4v) is 4.17. The van der Waals surface area contributed by atoms with Crippen LogP contribution in [-0.2, 0) is 4.74 Å². The minimum absolute atomic E-state index is 0.464. The fraction of sp³-hybridized carbons (Fsp3) is 0.571. The third kappa shape index (κ3) is 2.01. The molecule has 3 heterocycles. The summed E-state index contributed by atoms with van der Waals surface area (Å²) < 4.78 is 5.83. The second kappa shape index (κ2) is 4.72. The number of hydrogen-bond acceptors (Lipinski definition) is 5. The molecule has 19 heavy (non-hydrogen) atoms. The van der Waals surface area contributed by atoms with Crippen molar-refractivity contribution in [1.82, 2.24) is 9.97 Å². The first-order valence-corrected chi connectivity index (χ1v) is 7.86. The van der Waals surface area contributed by atoms with Gasteiger partial charge in [-0.05, 0) is 37.1 Å². The van der Waals surface area contributed by atoms with Gasteiger partial charge in [0.05, 0.1) is 11.5 Å². The molecule has 4 nitrogen and oxygen atoms in total. The molecule has 1 saturated heterocycles. The molecule has 3 atom stereocenters. The average Bonchev–Trinajstić information content (AvgIpc) is 3.08. The van der Waals surface area contributed by atoms with Crippen molar-refractivity contribution in [3.05, 3.63) is 17.8 Å². The molecule has 0 spiro atoms. The van der Waals surface area contributed by atoms with E-state index >= 15 is 0 Å². The van der Waals surface area contributed by atoms with Crippen molar-refractivity contribution >= 4 is 27.4 Å². The van der Waals surface area contributed by atoms with Crippen molar-refractivity contribution < 1.29 is 4.74 Å². The van der Waals surface area contributed by atoms with Gasteiger partial charge < -0.3 is 10.1 Å². The zero-order valence-corrected chi connectivity index (χ0v) is 11.5. The molecule has 100 valence electrons.